The predicted octanol–water partition coefficient (Wildman–Crippen LogP) is 1.30. The van der Waals surface area contributed by atoms with Crippen LogP contribution >= 0.6 is 0 Å². The molecule has 0 N–H and O–H groups in total. The number of carbonyl (C=O) groups is 1. The SMILES string of the molecule is CN(CCC(=O)N1CCC(c2ccncc2)CC1)[C@H]1CCS(=O)(=O)C1. The second-order valence-electron chi connectivity index (χ2n) is 7.22. The van der Waals surface area contributed by atoms with Gasteiger partial charge in [-0.15, -0.1) is 0 Å². The van der Waals surface area contributed by atoms with Gasteiger partial charge in [0.25, 0.3) is 0 Å². The van der Waals surface area contributed by atoms with Crippen LogP contribution in [0.15, 0.2) is 24.5 Å². The van der Waals surface area contributed by atoms with Gasteiger partial charge < -0.3 is 9.80 Å². The van der Waals surface area contributed by atoms with Gasteiger partial charge in [0.15, 0.2) is 9.84 Å². The van der Waals surface area contributed by atoms with E-state index in [9.17, 15) is 13.2 Å². The van der Waals surface area contributed by atoms with Crippen LogP contribution in [0.3, 0.4) is 0 Å². The molecule has 138 valence electrons. The van der Waals surface area contributed by atoms with Crippen LogP contribution in [-0.2, 0) is 14.6 Å². The number of hydrogen-bond donors (Lipinski definition) is 0. The molecule has 7 heteroatoms. The van der Waals surface area contributed by atoms with Crippen molar-refractivity contribution in [3.8, 4) is 0 Å². The van der Waals surface area contributed by atoms with E-state index in [4.69, 9.17) is 0 Å². The molecule has 0 radical (unpaired) electrons. The molecule has 2 aliphatic rings. The first-order valence-electron chi connectivity index (χ1n) is 9.03. The summed E-state index contributed by atoms with van der Waals surface area (Å²) < 4.78 is 23.1. The molecule has 3 rings (SSSR count). The molecule has 25 heavy (non-hydrogen) atoms. The van der Waals surface area contributed by atoms with Crippen LogP contribution in [0.2, 0.25) is 0 Å². The number of amides is 1. The van der Waals surface area contributed by atoms with Crippen LogP contribution in [-0.4, -0.2) is 73.3 Å². The molecule has 2 fully saturated rings. The Balaban J connectivity index is 1.42. The Kier molecular flexibility index (Phi) is 5.74. The summed E-state index contributed by atoms with van der Waals surface area (Å²) in [6.45, 7) is 2.23. The van der Waals surface area contributed by atoms with Gasteiger partial charge in [0.1, 0.15) is 0 Å². The van der Waals surface area contributed by atoms with Gasteiger partial charge in [-0.25, -0.2) is 8.42 Å². The molecule has 3 heterocycles. The smallest absolute Gasteiger partial charge is 0.223 e. The Labute approximate surface area is 150 Å². The molecule has 0 spiro atoms. The fourth-order valence-corrected chi connectivity index (χ4v) is 5.64. The average Bonchev–Trinajstić information content (AvgIpc) is 3.00. The number of likely N-dealkylation sites (tertiary alicyclic amines) is 1. The summed E-state index contributed by atoms with van der Waals surface area (Å²) in [5, 5.41) is 0. The molecule has 1 atom stereocenters. The third-order valence-corrected chi connectivity index (χ3v) is 7.29. The maximum absolute atomic E-state index is 12.5. The van der Waals surface area contributed by atoms with Crippen molar-refractivity contribution in [2.75, 3.05) is 38.2 Å². The fraction of sp³-hybridized carbons (Fsp3) is 0.667. The quantitative estimate of drug-likeness (QED) is 0.786. The lowest BCUT2D eigenvalue weighted by atomic mass is 9.90. The van der Waals surface area contributed by atoms with E-state index in [1.807, 2.05) is 29.2 Å². The molecule has 1 aromatic heterocycles. The first-order valence-corrected chi connectivity index (χ1v) is 10.8. The molecule has 0 unspecified atom stereocenters. The summed E-state index contributed by atoms with van der Waals surface area (Å²) in [6.07, 6.45) is 6.79. The van der Waals surface area contributed by atoms with E-state index in [0.717, 1.165) is 25.9 Å². The molecule has 2 saturated heterocycles. The second kappa shape index (κ2) is 7.83. The van der Waals surface area contributed by atoms with Crippen molar-refractivity contribution < 1.29 is 13.2 Å². The summed E-state index contributed by atoms with van der Waals surface area (Å²) in [6, 6.07) is 4.19. The van der Waals surface area contributed by atoms with Crippen LogP contribution in [0.5, 0.6) is 0 Å². The number of hydrogen-bond acceptors (Lipinski definition) is 5. The highest BCUT2D eigenvalue weighted by Gasteiger charge is 2.31. The maximum atomic E-state index is 12.5. The zero-order valence-electron chi connectivity index (χ0n) is 14.8. The van der Waals surface area contributed by atoms with Crippen molar-refractivity contribution >= 4 is 15.7 Å². The Morgan fingerprint density at radius 2 is 1.92 bits per heavy atom. The minimum Gasteiger partial charge on any atom is -0.343 e. The Bertz CT molecular complexity index is 685. The van der Waals surface area contributed by atoms with E-state index < -0.39 is 9.84 Å². The van der Waals surface area contributed by atoms with Gasteiger partial charge in [0, 0.05) is 44.5 Å². The largest absolute Gasteiger partial charge is 0.343 e. The number of nitrogens with zero attached hydrogens (tertiary/aromatic N) is 3. The third-order valence-electron chi connectivity index (χ3n) is 5.54. The normalized spacial score (nSPS) is 23.9. The minimum absolute atomic E-state index is 0.0650. The summed E-state index contributed by atoms with van der Waals surface area (Å²) >= 11 is 0. The molecular formula is C18H27N3O3S. The number of rotatable bonds is 5. The maximum Gasteiger partial charge on any atom is 0.223 e. The molecule has 2 aliphatic heterocycles. The number of aromatic nitrogens is 1. The highest BCUT2D eigenvalue weighted by atomic mass is 32.2. The molecule has 0 aromatic carbocycles. The Morgan fingerprint density at radius 1 is 1.24 bits per heavy atom. The van der Waals surface area contributed by atoms with Crippen molar-refractivity contribution in [3.05, 3.63) is 30.1 Å². The Hall–Kier alpha value is -1.47. The van der Waals surface area contributed by atoms with Crippen LogP contribution in [0, 0.1) is 0 Å². The average molecular weight is 365 g/mol. The van der Waals surface area contributed by atoms with E-state index in [1.54, 1.807) is 0 Å². The summed E-state index contributed by atoms with van der Waals surface area (Å²) in [4.78, 5) is 20.5. The first-order chi connectivity index (χ1) is 11.9. The van der Waals surface area contributed by atoms with Gasteiger partial charge in [-0.2, -0.15) is 0 Å². The van der Waals surface area contributed by atoms with Gasteiger partial charge in [-0.3, -0.25) is 9.78 Å². The van der Waals surface area contributed by atoms with Crippen LogP contribution in [0.25, 0.3) is 0 Å². The topological polar surface area (TPSA) is 70.6 Å². The lowest BCUT2D eigenvalue weighted by molar-refractivity contribution is -0.132. The highest BCUT2D eigenvalue weighted by Crippen LogP contribution is 2.27. The molecule has 1 amide bonds. The monoisotopic (exact) mass is 365 g/mol. The van der Waals surface area contributed by atoms with E-state index >= 15 is 0 Å². The molecule has 0 bridgehead atoms. The van der Waals surface area contributed by atoms with Crippen LogP contribution in [0.1, 0.15) is 37.2 Å². The van der Waals surface area contributed by atoms with Crippen LogP contribution in [0.4, 0.5) is 0 Å². The third kappa shape index (κ3) is 4.79. The van der Waals surface area contributed by atoms with Crippen molar-refractivity contribution in [3.63, 3.8) is 0 Å². The number of sulfone groups is 1. The molecule has 0 aliphatic carbocycles. The second-order valence-corrected chi connectivity index (χ2v) is 9.45. The summed E-state index contributed by atoms with van der Waals surface area (Å²) in [7, 11) is -0.948. The first kappa shape index (κ1) is 18.3. The minimum atomic E-state index is -2.87. The van der Waals surface area contributed by atoms with Crippen molar-refractivity contribution in [1.82, 2.24) is 14.8 Å². The number of pyridine rings is 1. The predicted molar refractivity (Wildman–Crippen MR) is 97.1 cm³/mol. The van der Waals surface area contributed by atoms with Gasteiger partial charge in [0.05, 0.1) is 11.5 Å². The fourth-order valence-electron chi connectivity index (χ4n) is 3.83. The lowest BCUT2D eigenvalue weighted by Crippen LogP contribution is -2.40. The number of carbonyl (C=O) groups excluding carboxylic acids is 1. The zero-order chi connectivity index (χ0) is 17.9. The van der Waals surface area contributed by atoms with E-state index in [0.29, 0.717) is 25.3 Å². The van der Waals surface area contributed by atoms with E-state index in [-0.39, 0.29) is 23.5 Å². The molecular weight excluding hydrogens is 338 g/mol. The van der Waals surface area contributed by atoms with E-state index in [2.05, 4.69) is 17.1 Å². The van der Waals surface area contributed by atoms with Gasteiger partial charge >= 0.3 is 0 Å². The lowest BCUT2D eigenvalue weighted by Gasteiger charge is -2.33. The van der Waals surface area contributed by atoms with Crippen molar-refractivity contribution in [1.29, 1.82) is 0 Å². The zero-order valence-corrected chi connectivity index (χ0v) is 15.6. The standard InChI is InChI=1S/C18H27N3O3S/c1-20(17-7-13-25(23,24)14-17)10-6-18(22)21-11-4-16(5-12-21)15-2-8-19-9-3-15/h2-3,8-9,16-17H,4-7,10-14H2,1H3/t17-/m0/s1. The van der Waals surface area contributed by atoms with Gasteiger partial charge in [-0.1, -0.05) is 0 Å². The highest BCUT2D eigenvalue weighted by molar-refractivity contribution is 7.91. The summed E-state index contributed by atoms with van der Waals surface area (Å²) in [5.74, 6) is 1.20. The van der Waals surface area contributed by atoms with Crippen molar-refractivity contribution in [2.45, 2.75) is 37.6 Å². The summed E-state index contributed by atoms with van der Waals surface area (Å²) in [5.41, 5.74) is 1.31. The van der Waals surface area contributed by atoms with Gasteiger partial charge in [-0.05, 0) is 49.9 Å². The van der Waals surface area contributed by atoms with E-state index in [1.165, 1.54) is 5.56 Å². The van der Waals surface area contributed by atoms with Gasteiger partial charge in [0.2, 0.25) is 5.91 Å². The molecule has 0 saturated carbocycles. The Morgan fingerprint density at radius 3 is 2.52 bits per heavy atom. The van der Waals surface area contributed by atoms with Crippen molar-refractivity contribution in [2.24, 2.45) is 0 Å². The number of piperidine rings is 1. The molecule has 6 nitrogen and oxygen atoms in total. The molecule has 1 aromatic rings. The van der Waals surface area contributed by atoms with Crippen LogP contribution < -0.4 is 0 Å².